The molecule has 1 rings (SSSR count). The van der Waals surface area contributed by atoms with Crippen LogP contribution in [0.25, 0.3) is 0 Å². The average molecular weight is 286 g/mol. The van der Waals surface area contributed by atoms with Crippen molar-refractivity contribution in [3.63, 3.8) is 0 Å². The fourth-order valence-electron chi connectivity index (χ4n) is 1.52. The molecule has 0 aliphatic carbocycles. The van der Waals surface area contributed by atoms with Crippen molar-refractivity contribution < 1.29 is 9.72 Å². The van der Waals surface area contributed by atoms with Crippen molar-refractivity contribution in [2.45, 2.75) is 32.2 Å². The SMILES string of the molecule is CCCCC(N)C(=O)Nc1ccc([N+](=O)[O-])c(Cl)c1. The van der Waals surface area contributed by atoms with Crippen LogP contribution in [0.4, 0.5) is 11.4 Å². The Morgan fingerprint density at radius 3 is 2.79 bits per heavy atom. The molecule has 104 valence electrons. The summed E-state index contributed by atoms with van der Waals surface area (Å²) in [5, 5.41) is 13.2. The number of nitrogens with two attached hydrogens (primary N) is 1. The van der Waals surface area contributed by atoms with Gasteiger partial charge in [0.15, 0.2) is 0 Å². The number of rotatable bonds is 6. The fraction of sp³-hybridized carbons (Fsp3) is 0.417. The van der Waals surface area contributed by atoms with Gasteiger partial charge in [-0.2, -0.15) is 0 Å². The van der Waals surface area contributed by atoms with E-state index < -0.39 is 11.0 Å². The van der Waals surface area contributed by atoms with Gasteiger partial charge in [-0.1, -0.05) is 31.4 Å². The van der Waals surface area contributed by atoms with Crippen LogP contribution in [0.5, 0.6) is 0 Å². The maximum atomic E-state index is 11.7. The molecule has 0 radical (unpaired) electrons. The van der Waals surface area contributed by atoms with E-state index in [2.05, 4.69) is 5.32 Å². The summed E-state index contributed by atoms with van der Waals surface area (Å²) in [6.45, 7) is 2.01. The summed E-state index contributed by atoms with van der Waals surface area (Å²) < 4.78 is 0. The molecule has 0 saturated heterocycles. The number of carbonyl (C=O) groups excluding carboxylic acids is 1. The second kappa shape index (κ2) is 7.06. The smallest absolute Gasteiger partial charge is 0.288 e. The van der Waals surface area contributed by atoms with E-state index >= 15 is 0 Å². The molecule has 0 saturated carbocycles. The van der Waals surface area contributed by atoms with Crippen LogP contribution in [-0.4, -0.2) is 16.9 Å². The summed E-state index contributed by atoms with van der Waals surface area (Å²) in [7, 11) is 0. The molecule has 1 amide bonds. The predicted molar refractivity (Wildman–Crippen MR) is 74.2 cm³/mol. The molecule has 0 bridgehead atoms. The summed E-state index contributed by atoms with van der Waals surface area (Å²) in [6, 6.07) is 3.42. The van der Waals surface area contributed by atoms with E-state index in [0.29, 0.717) is 12.1 Å². The molecule has 0 spiro atoms. The summed E-state index contributed by atoms with van der Waals surface area (Å²) in [4.78, 5) is 21.7. The molecule has 0 fully saturated rings. The fourth-order valence-corrected chi connectivity index (χ4v) is 1.77. The van der Waals surface area contributed by atoms with Gasteiger partial charge in [0, 0.05) is 11.8 Å². The van der Waals surface area contributed by atoms with Gasteiger partial charge in [0.05, 0.1) is 11.0 Å². The zero-order chi connectivity index (χ0) is 14.4. The molecule has 0 aliphatic rings. The molecule has 0 heterocycles. The third-order valence-electron chi connectivity index (χ3n) is 2.62. The van der Waals surface area contributed by atoms with Crippen LogP contribution in [-0.2, 0) is 4.79 Å². The van der Waals surface area contributed by atoms with E-state index in [9.17, 15) is 14.9 Å². The zero-order valence-corrected chi connectivity index (χ0v) is 11.3. The third-order valence-corrected chi connectivity index (χ3v) is 2.92. The Kier molecular flexibility index (Phi) is 5.72. The van der Waals surface area contributed by atoms with Crippen LogP contribution < -0.4 is 11.1 Å². The van der Waals surface area contributed by atoms with Gasteiger partial charge in [-0.15, -0.1) is 0 Å². The number of amides is 1. The van der Waals surface area contributed by atoms with E-state index in [1.54, 1.807) is 0 Å². The van der Waals surface area contributed by atoms with Crippen LogP contribution in [0.2, 0.25) is 5.02 Å². The number of hydrogen-bond acceptors (Lipinski definition) is 4. The van der Waals surface area contributed by atoms with Gasteiger partial charge in [0.1, 0.15) is 5.02 Å². The highest BCUT2D eigenvalue weighted by atomic mass is 35.5. The molecule has 1 atom stereocenters. The number of halogens is 1. The Bertz CT molecular complexity index is 479. The van der Waals surface area contributed by atoms with Crippen molar-refractivity contribution in [3.8, 4) is 0 Å². The summed E-state index contributed by atoms with van der Waals surface area (Å²) in [5.74, 6) is -0.321. The first kappa shape index (κ1) is 15.4. The first-order valence-corrected chi connectivity index (χ1v) is 6.34. The van der Waals surface area contributed by atoms with Crippen LogP contribution in [0, 0.1) is 10.1 Å². The molecule has 0 aromatic heterocycles. The maximum Gasteiger partial charge on any atom is 0.288 e. The maximum absolute atomic E-state index is 11.7. The van der Waals surface area contributed by atoms with Crippen molar-refractivity contribution in [2.75, 3.05) is 5.32 Å². The summed E-state index contributed by atoms with van der Waals surface area (Å²) >= 11 is 5.75. The normalized spacial score (nSPS) is 11.9. The number of nitrogens with zero attached hydrogens (tertiary/aromatic N) is 1. The minimum atomic E-state index is -0.589. The highest BCUT2D eigenvalue weighted by Crippen LogP contribution is 2.27. The van der Waals surface area contributed by atoms with Gasteiger partial charge in [-0.05, 0) is 18.6 Å². The molecular formula is C12H16ClN3O3. The Morgan fingerprint density at radius 1 is 1.58 bits per heavy atom. The first-order chi connectivity index (χ1) is 8.95. The second-order valence-corrected chi connectivity index (χ2v) is 4.57. The number of nitro groups is 1. The van der Waals surface area contributed by atoms with Crippen molar-refractivity contribution in [1.29, 1.82) is 0 Å². The minimum Gasteiger partial charge on any atom is -0.325 e. The second-order valence-electron chi connectivity index (χ2n) is 4.16. The molecule has 3 N–H and O–H groups in total. The zero-order valence-electron chi connectivity index (χ0n) is 10.6. The van der Waals surface area contributed by atoms with Crippen molar-refractivity contribution >= 4 is 28.9 Å². The number of unbranched alkanes of at least 4 members (excludes halogenated alkanes) is 1. The highest BCUT2D eigenvalue weighted by Gasteiger charge is 2.16. The van der Waals surface area contributed by atoms with Gasteiger partial charge in [-0.25, -0.2) is 0 Å². The lowest BCUT2D eigenvalue weighted by molar-refractivity contribution is -0.384. The van der Waals surface area contributed by atoms with E-state index in [1.165, 1.54) is 18.2 Å². The van der Waals surface area contributed by atoms with E-state index in [0.717, 1.165) is 12.8 Å². The van der Waals surface area contributed by atoms with Gasteiger partial charge >= 0.3 is 0 Å². The molecule has 19 heavy (non-hydrogen) atoms. The number of anilines is 1. The molecule has 1 aromatic rings. The largest absolute Gasteiger partial charge is 0.325 e. The molecule has 1 aromatic carbocycles. The van der Waals surface area contributed by atoms with E-state index in [-0.39, 0.29) is 16.6 Å². The standard InChI is InChI=1S/C12H16ClN3O3/c1-2-3-4-10(14)12(17)15-8-5-6-11(16(18)19)9(13)7-8/h5-7,10H,2-4,14H2,1H3,(H,15,17). The van der Waals surface area contributed by atoms with Gasteiger partial charge in [0.25, 0.3) is 5.69 Å². The topological polar surface area (TPSA) is 98.3 Å². The van der Waals surface area contributed by atoms with E-state index in [4.69, 9.17) is 17.3 Å². The van der Waals surface area contributed by atoms with Crippen molar-refractivity contribution in [1.82, 2.24) is 0 Å². The molecule has 6 nitrogen and oxygen atoms in total. The lowest BCUT2D eigenvalue weighted by atomic mass is 10.1. The average Bonchev–Trinajstić information content (AvgIpc) is 2.35. The number of carbonyl (C=O) groups is 1. The molecule has 0 aliphatic heterocycles. The number of benzene rings is 1. The van der Waals surface area contributed by atoms with Crippen molar-refractivity contribution in [3.05, 3.63) is 33.3 Å². The minimum absolute atomic E-state index is 0.0232. The molecule has 7 heteroatoms. The Labute approximate surface area is 116 Å². The molecular weight excluding hydrogens is 270 g/mol. The monoisotopic (exact) mass is 285 g/mol. The highest BCUT2D eigenvalue weighted by molar-refractivity contribution is 6.33. The lowest BCUT2D eigenvalue weighted by Crippen LogP contribution is -2.35. The van der Waals surface area contributed by atoms with Gasteiger partial charge < -0.3 is 11.1 Å². The first-order valence-electron chi connectivity index (χ1n) is 5.96. The van der Waals surface area contributed by atoms with Crippen LogP contribution >= 0.6 is 11.6 Å². The Hall–Kier alpha value is -1.66. The number of nitro benzene ring substituents is 1. The van der Waals surface area contributed by atoms with E-state index in [1.807, 2.05) is 6.92 Å². The van der Waals surface area contributed by atoms with Gasteiger partial charge in [0.2, 0.25) is 5.91 Å². The number of hydrogen-bond donors (Lipinski definition) is 2. The van der Waals surface area contributed by atoms with Crippen molar-refractivity contribution in [2.24, 2.45) is 5.73 Å². The summed E-state index contributed by atoms with van der Waals surface area (Å²) in [5.41, 5.74) is 5.91. The lowest BCUT2D eigenvalue weighted by Gasteiger charge is -2.11. The Morgan fingerprint density at radius 2 is 2.26 bits per heavy atom. The Balaban J connectivity index is 2.70. The quantitative estimate of drug-likeness (QED) is 0.620. The summed E-state index contributed by atoms with van der Waals surface area (Å²) in [6.07, 6.45) is 2.43. The number of nitrogens with one attached hydrogen (secondary N) is 1. The van der Waals surface area contributed by atoms with Crippen LogP contribution in [0.15, 0.2) is 18.2 Å². The predicted octanol–water partition coefficient (Wildman–Crippen LogP) is 2.70. The van der Waals surface area contributed by atoms with Gasteiger partial charge in [-0.3, -0.25) is 14.9 Å². The van der Waals surface area contributed by atoms with Crippen LogP contribution in [0.1, 0.15) is 26.2 Å². The third kappa shape index (κ3) is 4.50. The van der Waals surface area contributed by atoms with Crippen LogP contribution in [0.3, 0.4) is 0 Å². The molecule has 1 unspecified atom stereocenters.